The van der Waals surface area contributed by atoms with Gasteiger partial charge in [-0.2, -0.15) is 0 Å². The number of halogens is 1. The quantitative estimate of drug-likeness (QED) is 0.772. The second-order valence-electron chi connectivity index (χ2n) is 5.88. The molecule has 22 heavy (non-hydrogen) atoms. The fourth-order valence-electron chi connectivity index (χ4n) is 2.91. The summed E-state index contributed by atoms with van der Waals surface area (Å²) in [4.78, 5) is 4.69. The number of hydrogen-bond donors (Lipinski definition) is 0. The average molecular weight is 337 g/mol. The predicted octanol–water partition coefficient (Wildman–Crippen LogP) is 4.95. The first-order valence-electron chi connectivity index (χ1n) is 7.70. The minimum atomic E-state index is -1.04. The van der Waals surface area contributed by atoms with Gasteiger partial charge >= 0.3 is 0 Å². The lowest BCUT2D eigenvalue weighted by atomic mass is 10.1. The van der Waals surface area contributed by atoms with Crippen molar-refractivity contribution in [3.63, 3.8) is 0 Å². The molecule has 0 radical (unpaired) electrons. The number of nitrogens with zero attached hydrogens (tertiary/aromatic N) is 1. The minimum absolute atomic E-state index is 0.114. The summed E-state index contributed by atoms with van der Waals surface area (Å²) in [6, 6.07) is 6.26. The van der Waals surface area contributed by atoms with Crippen molar-refractivity contribution in [3.05, 3.63) is 51.7 Å². The molecule has 1 saturated carbocycles. The molecule has 1 fully saturated rings. The highest BCUT2D eigenvalue weighted by atomic mass is 32.2. The first-order chi connectivity index (χ1) is 10.6. The summed E-state index contributed by atoms with van der Waals surface area (Å²) in [6.07, 6.45) is 5.07. The Morgan fingerprint density at radius 3 is 2.68 bits per heavy atom. The highest BCUT2D eigenvalue weighted by Crippen LogP contribution is 2.36. The van der Waals surface area contributed by atoms with Crippen molar-refractivity contribution >= 4 is 22.1 Å². The number of benzene rings is 1. The molecule has 2 nitrogen and oxygen atoms in total. The molecule has 118 valence electrons. The molecular weight excluding hydrogens is 317 g/mol. The SMILES string of the molecule is CC(c1ccc(F)cc1)S(=O)Cc1csc(C2CCCC2)n1. The van der Waals surface area contributed by atoms with Crippen molar-refractivity contribution in [2.75, 3.05) is 0 Å². The molecule has 1 aromatic carbocycles. The third kappa shape index (κ3) is 3.63. The van der Waals surface area contributed by atoms with Crippen molar-refractivity contribution in [1.82, 2.24) is 4.98 Å². The molecule has 5 heteroatoms. The Balaban J connectivity index is 1.64. The number of thiazole rings is 1. The van der Waals surface area contributed by atoms with Gasteiger partial charge in [0, 0.05) is 22.1 Å². The van der Waals surface area contributed by atoms with Crippen molar-refractivity contribution in [1.29, 1.82) is 0 Å². The van der Waals surface area contributed by atoms with E-state index in [-0.39, 0.29) is 11.1 Å². The van der Waals surface area contributed by atoms with Crippen LogP contribution in [0.2, 0.25) is 0 Å². The molecule has 1 aliphatic carbocycles. The van der Waals surface area contributed by atoms with Gasteiger partial charge in [0.2, 0.25) is 0 Å². The molecule has 1 aromatic heterocycles. The zero-order valence-electron chi connectivity index (χ0n) is 12.6. The molecule has 2 aromatic rings. The van der Waals surface area contributed by atoms with Crippen LogP contribution in [0, 0.1) is 5.82 Å². The molecule has 1 aliphatic rings. The Bertz CT molecular complexity index is 647. The van der Waals surface area contributed by atoms with E-state index in [1.54, 1.807) is 23.5 Å². The van der Waals surface area contributed by atoms with Gasteiger partial charge in [-0.3, -0.25) is 4.21 Å². The van der Waals surface area contributed by atoms with Crippen LogP contribution in [0.1, 0.15) is 60.0 Å². The van der Waals surface area contributed by atoms with Crippen molar-refractivity contribution in [2.45, 2.75) is 49.5 Å². The van der Waals surface area contributed by atoms with Crippen LogP contribution in [-0.4, -0.2) is 9.19 Å². The molecule has 0 N–H and O–H groups in total. The van der Waals surface area contributed by atoms with E-state index in [2.05, 4.69) is 4.98 Å². The third-order valence-corrected chi connectivity index (χ3v) is 6.99. The Labute approximate surface area is 137 Å². The Hall–Kier alpha value is -1.07. The molecular formula is C17H20FNOS2. The van der Waals surface area contributed by atoms with Crippen LogP contribution >= 0.6 is 11.3 Å². The fraction of sp³-hybridized carbons (Fsp3) is 0.471. The maximum atomic E-state index is 13.0. The average Bonchev–Trinajstić information content (AvgIpc) is 3.18. The van der Waals surface area contributed by atoms with Crippen LogP contribution in [0.25, 0.3) is 0 Å². The fourth-order valence-corrected chi connectivity index (χ4v) is 5.15. The van der Waals surface area contributed by atoms with Gasteiger partial charge in [-0.15, -0.1) is 11.3 Å². The van der Waals surface area contributed by atoms with E-state index < -0.39 is 10.8 Å². The lowest BCUT2D eigenvalue weighted by molar-refractivity contribution is 0.626. The largest absolute Gasteiger partial charge is 0.259 e. The van der Waals surface area contributed by atoms with Gasteiger partial charge in [-0.05, 0) is 37.5 Å². The maximum absolute atomic E-state index is 13.0. The summed E-state index contributed by atoms with van der Waals surface area (Å²) in [5.41, 5.74) is 1.84. The Kier molecular flexibility index (Phi) is 5.03. The van der Waals surface area contributed by atoms with E-state index in [0.717, 1.165) is 11.3 Å². The summed E-state index contributed by atoms with van der Waals surface area (Å²) >= 11 is 1.70. The molecule has 0 spiro atoms. The van der Waals surface area contributed by atoms with E-state index in [0.29, 0.717) is 11.7 Å². The van der Waals surface area contributed by atoms with E-state index in [9.17, 15) is 8.60 Å². The molecule has 3 rings (SSSR count). The van der Waals surface area contributed by atoms with Gasteiger partial charge in [-0.1, -0.05) is 25.0 Å². The minimum Gasteiger partial charge on any atom is -0.259 e. The van der Waals surface area contributed by atoms with Crippen molar-refractivity contribution in [3.8, 4) is 0 Å². The van der Waals surface area contributed by atoms with Crippen LogP contribution in [0.5, 0.6) is 0 Å². The van der Waals surface area contributed by atoms with Gasteiger partial charge < -0.3 is 0 Å². The van der Waals surface area contributed by atoms with Gasteiger partial charge in [-0.25, -0.2) is 9.37 Å². The van der Waals surface area contributed by atoms with Crippen LogP contribution in [-0.2, 0) is 16.6 Å². The monoisotopic (exact) mass is 337 g/mol. The number of rotatable bonds is 5. The van der Waals surface area contributed by atoms with Crippen molar-refractivity contribution < 1.29 is 8.60 Å². The summed E-state index contributed by atoms with van der Waals surface area (Å²) in [7, 11) is -1.04. The Morgan fingerprint density at radius 1 is 1.32 bits per heavy atom. The summed E-state index contributed by atoms with van der Waals surface area (Å²) in [5, 5.41) is 3.14. The molecule has 0 amide bonds. The predicted molar refractivity (Wildman–Crippen MR) is 90.0 cm³/mol. The molecule has 2 atom stereocenters. The van der Waals surface area contributed by atoms with E-state index >= 15 is 0 Å². The van der Waals surface area contributed by atoms with Crippen molar-refractivity contribution in [2.24, 2.45) is 0 Å². The smallest absolute Gasteiger partial charge is 0.123 e. The van der Waals surface area contributed by atoms with E-state index in [4.69, 9.17) is 0 Å². The second-order valence-corrected chi connectivity index (χ2v) is 8.52. The number of aromatic nitrogens is 1. The highest BCUT2D eigenvalue weighted by molar-refractivity contribution is 7.84. The first-order valence-corrected chi connectivity index (χ1v) is 9.96. The molecule has 0 saturated heterocycles. The van der Waals surface area contributed by atoms with Gasteiger partial charge in [0.25, 0.3) is 0 Å². The zero-order valence-corrected chi connectivity index (χ0v) is 14.3. The molecule has 0 aliphatic heterocycles. The second kappa shape index (κ2) is 7.01. The lowest BCUT2D eigenvalue weighted by Gasteiger charge is -2.11. The van der Waals surface area contributed by atoms with Crippen LogP contribution in [0.15, 0.2) is 29.6 Å². The van der Waals surface area contributed by atoms with Crippen LogP contribution in [0.3, 0.4) is 0 Å². The summed E-state index contributed by atoms with van der Waals surface area (Å²) in [6.45, 7) is 1.92. The van der Waals surface area contributed by atoms with Crippen LogP contribution in [0.4, 0.5) is 4.39 Å². The molecule has 0 bridgehead atoms. The zero-order chi connectivity index (χ0) is 15.5. The molecule has 1 heterocycles. The normalized spacial score (nSPS) is 18.5. The van der Waals surface area contributed by atoms with E-state index in [1.165, 1.54) is 42.8 Å². The third-order valence-electron chi connectivity index (χ3n) is 4.30. The highest BCUT2D eigenvalue weighted by Gasteiger charge is 2.21. The Morgan fingerprint density at radius 2 is 2.00 bits per heavy atom. The van der Waals surface area contributed by atoms with Crippen LogP contribution < -0.4 is 0 Å². The lowest BCUT2D eigenvalue weighted by Crippen LogP contribution is -2.06. The first kappa shape index (κ1) is 15.8. The maximum Gasteiger partial charge on any atom is 0.123 e. The topological polar surface area (TPSA) is 30.0 Å². The summed E-state index contributed by atoms with van der Waals surface area (Å²) < 4.78 is 25.5. The summed E-state index contributed by atoms with van der Waals surface area (Å²) in [5.74, 6) is 0.825. The van der Waals surface area contributed by atoms with Gasteiger partial charge in [0.1, 0.15) is 5.82 Å². The van der Waals surface area contributed by atoms with Gasteiger partial charge in [0.05, 0.1) is 21.7 Å². The van der Waals surface area contributed by atoms with Gasteiger partial charge in [0.15, 0.2) is 0 Å². The standard InChI is InChI=1S/C17H20FNOS2/c1-12(13-6-8-15(18)9-7-13)22(20)11-16-10-21-17(19-16)14-4-2-3-5-14/h6-10,12,14H,2-5,11H2,1H3. The van der Waals surface area contributed by atoms with E-state index in [1.807, 2.05) is 12.3 Å². The molecule has 2 unspecified atom stereocenters. The number of hydrogen-bond acceptors (Lipinski definition) is 3.